The van der Waals surface area contributed by atoms with Crippen molar-refractivity contribution in [1.29, 1.82) is 0 Å². The zero-order valence-corrected chi connectivity index (χ0v) is 9.61. The average Bonchev–Trinajstić information content (AvgIpc) is 2.80. The molecule has 0 amide bonds. The molecule has 2 bridgehead atoms. The highest BCUT2D eigenvalue weighted by Gasteiger charge is 2.35. The highest BCUT2D eigenvalue weighted by atomic mass is 16.2. The van der Waals surface area contributed by atoms with E-state index in [1.165, 1.54) is 25.7 Å². The summed E-state index contributed by atoms with van der Waals surface area (Å²) in [6.45, 7) is 4.71. The Hall–Kier alpha value is -0.880. The zero-order chi connectivity index (χ0) is 11.3. The molecule has 2 aliphatic rings. The molecule has 0 spiro atoms. The van der Waals surface area contributed by atoms with Crippen molar-refractivity contribution in [2.75, 3.05) is 0 Å². The molecule has 1 fully saturated rings. The average molecular weight is 208 g/mol. The van der Waals surface area contributed by atoms with Crippen LogP contribution in [0.4, 0.5) is 0 Å². The molecule has 0 heterocycles. The van der Waals surface area contributed by atoms with Gasteiger partial charge in [0.1, 0.15) is 0 Å². The topological polar surface area (TPSA) is 34.1 Å². The van der Waals surface area contributed by atoms with Gasteiger partial charge >= 0.3 is 6.15 Å². The van der Waals surface area contributed by atoms with Crippen LogP contribution < -0.4 is 0 Å². The predicted octanol–water partition coefficient (Wildman–Crippen LogP) is 3.05. The Bertz CT molecular complexity index is 251. The van der Waals surface area contributed by atoms with Crippen LogP contribution in [-0.4, -0.2) is 6.15 Å². The van der Waals surface area contributed by atoms with Gasteiger partial charge in [0.2, 0.25) is 0 Å². The van der Waals surface area contributed by atoms with Gasteiger partial charge in [-0.05, 0) is 42.9 Å². The molecule has 4 unspecified atom stereocenters. The van der Waals surface area contributed by atoms with Crippen LogP contribution in [-0.2, 0) is 9.59 Å². The maximum absolute atomic E-state index is 8.12. The van der Waals surface area contributed by atoms with Gasteiger partial charge in [-0.1, -0.05) is 32.4 Å². The minimum absolute atomic E-state index is 0.250. The van der Waals surface area contributed by atoms with Crippen LogP contribution in [0.5, 0.6) is 0 Å². The zero-order valence-electron chi connectivity index (χ0n) is 9.61. The molecule has 0 radical (unpaired) electrons. The first kappa shape index (κ1) is 12.2. The molecule has 1 saturated carbocycles. The van der Waals surface area contributed by atoms with Gasteiger partial charge in [0.05, 0.1) is 0 Å². The highest BCUT2D eigenvalue weighted by molar-refractivity contribution is 5.20. The molecule has 0 aromatic heterocycles. The molecule has 2 aliphatic carbocycles. The van der Waals surface area contributed by atoms with Crippen molar-refractivity contribution in [3.63, 3.8) is 0 Å². The van der Waals surface area contributed by atoms with Gasteiger partial charge in [0.15, 0.2) is 0 Å². The van der Waals surface area contributed by atoms with E-state index in [1.54, 1.807) is 0 Å². The number of hydrogen-bond acceptors (Lipinski definition) is 2. The van der Waals surface area contributed by atoms with E-state index < -0.39 is 0 Å². The number of hydrogen-bond donors (Lipinski definition) is 0. The van der Waals surface area contributed by atoms with Gasteiger partial charge in [-0.15, -0.1) is 0 Å². The Balaban J connectivity index is 0.000000337. The SMILES string of the molecule is CCC(C)CC1CC2C=CC1C2.O=C=O. The molecule has 0 saturated heterocycles. The number of fused-ring (bicyclic) bond motifs is 2. The quantitative estimate of drug-likeness (QED) is 0.668. The van der Waals surface area contributed by atoms with Crippen LogP contribution >= 0.6 is 0 Å². The number of allylic oxidation sites excluding steroid dienone is 2. The monoisotopic (exact) mass is 208 g/mol. The fourth-order valence-electron chi connectivity index (χ4n) is 2.85. The highest BCUT2D eigenvalue weighted by Crippen LogP contribution is 2.46. The molecular formula is C13H20O2. The molecule has 2 rings (SSSR count). The van der Waals surface area contributed by atoms with E-state index in [0.717, 1.165) is 23.7 Å². The second-order valence-corrected chi connectivity index (χ2v) is 4.87. The van der Waals surface area contributed by atoms with E-state index >= 15 is 0 Å². The first-order valence-corrected chi connectivity index (χ1v) is 5.88. The molecule has 0 N–H and O–H groups in total. The standard InChI is InChI=1S/C12H20.CO2/c1-3-9(2)6-12-8-10-4-5-11(12)7-10;2-1-3/h4-5,9-12H,3,6-8H2,1-2H3;. The van der Waals surface area contributed by atoms with E-state index in [-0.39, 0.29) is 6.15 Å². The molecule has 84 valence electrons. The van der Waals surface area contributed by atoms with Crippen LogP contribution in [0, 0.1) is 23.7 Å². The summed E-state index contributed by atoms with van der Waals surface area (Å²) in [5.41, 5.74) is 0. The first-order chi connectivity index (χ1) is 7.21. The molecule has 4 atom stereocenters. The summed E-state index contributed by atoms with van der Waals surface area (Å²) in [5, 5.41) is 0. The van der Waals surface area contributed by atoms with Crippen molar-refractivity contribution in [2.24, 2.45) is 23.7 Å². The van der Waals surface area contributed by atoms with Gasteiger partial charge < -0.3 is 0 Å². The third-order valence-electron chi connectivity index (χ3n) is 3.82. The Labute approximate surface area is 91.7 Å². The molecule has 0 aromatic carbocycles. The van der Waals surface area contributed by atoms with Gasteiger partial charge in [0, 0.05) is 0 Å². The minimum Gasteiger partial charge on any atom is -0.186 e. The van der Waals surface area contributed by atoms with Gasteiger partial charge in [-0.3, -0.25) is 0 Å². The lowest BCUT2D eigenvalue weighted by Crippen LogP contribution is -2.10. The van der Waals surface area contributed by atoms with Crippen molar-refractivity contribution in [3.05, 3.63) is 12.2 Å². The van der Waals surface area contributed by atoms with E-state index in [4.69, 9.17) is 9.59 Å². The summed E-state index contributed by atoms with van der Waals surface area (Å²) < 4.78 is 0. The van der Waals surface area contributed by atoms with Gasteiger partial charge in [-0.2, -0.15) is 9.59 Å². The summed E-state index contributed by atoms with van der Waals surface area (Å²) in [4.78, 5) is 16.2. The maximum Gasteiger partial charge on any atom is 0.373 e. The second-order valence-electron chi connectivity index (χ2n) is 4.87. The van der Waals surface area contributed by atoms with Crippen molar-refractivity contribution in [3.8, 4) is 0 Å². The van der Waals surface area contributed by atoms with E-state index in [1.807, 2.05) is 0 Å². The number of rotatable bonds is 3. The third-order valence-corrected chi connectivity index (χ3v) is 3.82. The first-order valence-electron chi connectivity index (χ1n) is 5.88. The molecule has 0 aliphatic heterocycles. The molecule has 2 nitrogen and oxygen atoms in total. The van der Waals surface area contributed by atoms with E-state index in [9.17, 15) is 0 Å². The maximum atomic E-state index is 8.12. The predicted molar refractivity (Wildman–Crippen MR) is 57.9 cm³/mol. The van der Waals surface area contributed by atoms with Crippen LogP contribution in [0.25, 0.3) is 0 Å². The Morgan fingerprint density at radius 3 is 2.40 bits per heavy atom. The molecule has 0 aromatic rings. The molecular weight excluding hydrogens is 188 g/mol. The molecule has 2 heteroatoms. The van der Waals surface area contributed by atoms with Gasteiger partial charge in [-0.25, -0.2) is 0 Å². The lowest BCUT2D eigenvalue weighted by Gasteiger charge is -2.21. The summed E-state index contributed by atoms with van der Waals surface area (Å²) in [6.07, 6.45) is 11.0. The lowest BCUT2D eigenvalue weighted by atomic mass is 9.85. The van der Waals surface area contributed by atoms with E-state index in [0.29, 0.717) is 0 Å². The Morgan fingerprint density at radius 1 is 1.33 bits per heavy atom. The van der Waals surface area contributed by atoms with Crippen molar-refractivity contribution < 1.29 is 9.59 Å². The van der Waals surface area contributed by atoms with Crippen molar-refractivity contribution in [1.82, 2.24) is 0 Å². The van der Waals surface area contributed by atoms with Crippen LogP contribution in [0.3, 0.4) is 0 Å². The fourth-order valence-corrected chi connectivity index (χ4v) is 2.85. The second kappa shape index (κ2) is 5.87. The van der Waals surface area contributed by atoms with Crippen LogP contribution in [0.2, 0.25) is 0 Å². The summed E-state index contributed by atoms with van der Waals surface area (Å²) in [6, 6.07) is 0. The minimum atomic E-state index is 0.250. The Kier molecular flexibility index (Phi) is 4.77. The van der Waals surface area contributed by atoms with Crippen LogP contribution in [0.1, 0.15) is 39.5 Å². The summed E-state index contributed by atoms with van der Waals surface area (Å²) >= 11 is 0. The summed E-state index contributed by atoms with van der Waals surface area (Å²) in [7, 11) is 0. The smallest absolute Gasteiger partial charge is 0.186 e. The van der Waals surface area contributed by atoms with Crippen LogP contribution in [0.15, 0.2) is 12.2 Å². The lowest BCUT2D eigenvalue weighted by molar-refractivity contribution is -0.191. The Morgan fingerprint density at radius 2 is 2.00 bits per heavy atom. The fraction of sp³-hybridized carbons (Fsp3) is 0.769. The number of carbonyl (C=O) groups excluding carboxylic acids is 2. The third kappa shape index (κ3) is 3.32. The van der Waals surface area contributed by atoms with Crippen molar-refractivity contribution >= 4 is 6.15 Å². The van der Waals surface area contributed by atoms with E-state index in [2.05, 4.69) is 26.0 Å². The van der Waals surface area contributed by atoms with Crippen molar-refractivity contribution in [2.45, 2.75) is 39.5 Å². The largest absolute Gasteiger partial charge is 0.373 e. The molecule has 15 heavy (non-hydrogen) atoms. The normalized spacial score (nSPS) is 33.1. The summed E-state index contributed by atoms with van der Waals surface area (Å²) in [5.74, 6) is 3.91. The van der Waals surface area contributed by atoms with Gasteiger partial charge in [0.25, 0.3) is 0 Å².